The van der Waals surface area contributed by atoms with E-state index in [2.05, 4.69) is 31.6 Å². The van der Waals surface area contributed by atoms with Crippen molar-refractivity contribution in [2.45, 2.75) is 83.0 Å². The fourth-order valence-corrected chi connectivity index (χ4v) is 4.98. The standard InChI is InChI=1S/C29H38N6O6/c1-17(2)25-29-34-22(16-41-29)26(38)30-13-7-6-10-20(32-24(37)15-19-11-12-23(36)31-19)27(39)33-21(28(40)35-25)14-18-8-4-3-5-9-18/h3-5,8-9,16-17,19-21,25H,6-7,10-15H2,1-2H3,(H,30,38)(H,31,36)(H,32,37)(H,33,39)(H,35,40)/t19-,20-,21-,25-/m0/s1. The second-order valence-corrected chi connectivity index (χ2v) is 10.9. The summed E-state index contributed by atoms with van der Waals surface area (Å²) in [5.74, 6) is -1.73. The molecule has 1 aromatic carbocycles. The van der Waals surface area contributed by atoms with Crippen molar-refractivity contribution >= 4 is 29.5 Å². The highest BCUT2D eigenvalue weighted by molar-refractivity contribution is 5.93. The number of rotatable bonds is 6. The molecule has 0 unspecified atom stereocenters. The van der Waals surface area contributed by atoms with Crippen molar-refractivity contribution in [2.24, 2.45) is 5.92 Å². The van der Waals surface area contributed by atoms with Gasteiger partial charge in [0.25, 0.3) is 5.91 Å². The Balaban J connectivity index is 1.57. The van der Waals surface area contributed by atoms with E-state index in [9.17, 15) is 24.0 Å². The molecule has 4 rings (SSSR count). The predicted octanol–water partition coefficient (Wildman–Crippen LogP) is 1.28. The lowest BCUT2D eigenvalue weighted by Crippen LogP contribution is -2.55. The van der Waals surface area contributed by atoms with E-state index >= 15 is 0 Å². The number of aromatic nitrogens is 1. The Hall–Kier alpha value is -4.22. The fourth-order valence-electron chi connectivity index (χ4n) is 4.98. The van der Waals surface area contributed by atoms with Crippen molar-refractivity contribution in [1.82, 2.24) is 31.6 Å². The van der Waals surface area contributed by atoms with E-state index in [0.717, 1.165) is 5.56 Å². The van der Waals surface area contributed by atoms with Crippen molar-refractivity contribution < 1.29 is 28.4 Å². The maximum atomic E-state index is 13.6. The molecule has 220 valence electrons. The maximum Gasteiger partial charge on any atom is 0.273 e. The van der Waals surface area contributed by atoms with Crippen LogP contribution in [-0.2, 0) is 25.6 Å². The van der Waals surface area contributed by atoms with Crippen molar-refractivity contribution in [3.8, 4) is 0 Å². The van der Waals surface area contributed by atoms with Crippen molar-refractivity contribution in [1.29, 1.82) is 0 Å². The highest BCUT2D eigenvalue weighted by Gasteiger charge is 2.32. The number of hydrogen-bond acceptors (Lipinski definition) is 7. The maximum absolute atomic E-state index is 13.6. The molecule has 1 saturated heterocycles. The smallest absolute Gasteiger partial charge is 0.273 e. The van der Waals surface area contributed by atoms with Gasteiger partial charge in [-0.05, 0) is 37.2 Å². The first-order chi connectivity index (χ1) is 19.7. The minimum atomic E-state index is -0.953. The number of carbonyl (C=O) groups excluding carboxylic acids is 5. The number of nitrogens with zero attached hydrogens (tertiary/aromatic N) is 1. The average molecular weight is 567 g/mol. The molecule has 2 aliphatic rings. The SMILES string of the molecule is CC(C)[C@@H]1NC(=O)[C@H](Cc2ccccc2)NC(=O)[C@@H](NC(=O)C[C@@H]2CCC(=O)N2)CCCCNC(=O)c2coc1n2. The van der Waals surface area contributed by atoms with Gasteiger partial charge in [0.15, 0.2) is 5.69 Å². The summed E-state index contributed by atoms with van der Waals surface area (Å²) in [6, 6.07) is 6.53. The first kappa shape index (κ1) is 29.8. The molecule has 1 aromatic heterocycles. The molecule has 5 amide bonds. The first-order valence-electron chi connectivity index (χ1n) is 14.2. The van der Waals surface area contributed by atoms with E-state index in [0.29, 0.717) is 38.6 Å². The van der Waals surface area contributed by atoms with E-state index in [1.165, 1.54) is 6.26 Å². The number of hydrogen-bond donors (Lipinski definition) is 5. The molecule has 1 fully saturated rings. The molecule has 2 aliphatic heterocycles. The molecule has 2 bridgehead atoms. The van der Waals surface area contributed by atoms with Gasteiger partial charge in [-0.2, -0.15) is 0 Å². The van der Waals surface area contributed by atoms with Crippen LogP contribution in [0.4, 0.5) is 0 Å². The van der Waals surface area contributed by atoms with Crippen molar-refractivity contribution in [3.05, 3.63) is 53.7 Å². The lowest BCUT2D eigenvalue weighted by atomic mass is 10.0. The molecule has 0 aliphatic carbocycles. The molecular weight excluding hydrogens is 528 g/mol. The van der Waals surface area contributed by atoms with Crippen LogP contribution in [0.2, 0.25) is 0 Å². The second-order valence-electron chi connectivity index (χ2n) is 10.9. The lowest BCUT2D eigenvalue weighted by molar-refractivity contribution is -0.132. The minimum absolute atomic E-state index is 0.0623. The number of fused-ring (bicyclic) bond motifs is 2. The zero-order valence-corrected chi connectivity index (χ0v) is 23.4. The van der Waals surface area contributed by atoms with Gasteiger partial charge < -0.3 is 31.0 Å². The largest absolute Gasteiger partial charge is 0.446 e. The van der Waals surface area contributed by atoms with E-state index in [1.807, 2.05) is 44.2 Å². The molecule has 2 aromatic rings. The predicted molar refractivity (Wildman–Crippen MR) is 148 cm³/mol. The molecule has 41 heavy (non-hydrogen) atoms. The molecule has 0 saturated carbocycles. The normalized spacial score (nSPS) is 24.3. The Bertz CT molecular complexity index is 1250. The highest BCUT2D eigenvalue weighted by atomic mass is 16.3. The summed E-state index contributed by atoms with van der Waals surface area (Å²) in [6.45, 7) is 4.12. The van der Waals surface area contributed by atoms with E-state index < -0.39 is 35.8 Å². The number of amides is 5. The number of carbonyl (C=O) groups is 5. The van der Waals surface area contributed by atoms with Crippen LogP contribution in [0.15, 0.2) is 41.0 Å². The molecule has 0 radical (unpaired) electrons. The zero-order valence-electron chi connectivity index (χ0n) is 23.4. The van der Waals surface area contributed by atoms with Crippen LogP contribution in [0.1, 0.15) is 80.4 Å². The van der Waals surface area contributed by atoms with Crippen LogP contribution in [0.5, 0.6) is 0 Å². The van der Waals surface area contributed by atoms with Crippen LogP contribution in [0, 0.1) is 5.92 Å². The summed E-state index contributed by atoms with van der Waals surface area (Å²) in [4.78, 5) is 68.5. The molecule has 0 spiro atoms. The molecule has 5 N–H and O–H groups in total. The van der Waals surface area contributed by atoms with E-state index in [4.69, 9.17) is 4.42 Å². The Morgan fingerprint density at radius 1 is 1.02 bits per heavy atom. The quantitative estimate of drug-likeness (QED) is 0.350. The van der Waals surface area contributed by atoms with Crippen LogP contribution >= 0.6 is 0 Å². The van der Waals surface area contributed by atoms with Gasteiger partial charge in [-0.25, -0.2) is 4.98 Å². The van der Waals surface area contributed by atoms with E-state index in [-0.39, 0.29) is 48.2 Å². The summed E-state index contributed by atoms with van der Waals surface area (Å²) in [6.07, 6.45) is 3.86. The second kappa shape index (κ2) is 13.9. The third-order valence-corrected chi connectivity index (χ3v) is 7.27. The van der Waals surface area contributed by atoms with Crippen LogP contribution < -0.4 is 26.6 Å². The minimum Gasteiger partial charge on any atom is -0.446 e. The summed E-state index contributed by atoms with van der Waals surface area (Å²) in [5.41, 5.74) is 0.960. The molecule has 4 atom stereocenters. The number of benzene rings is 1. The topological polar surface area (TPSA) is 172 Å². The first-order valence-corrected chi connectivity index (χ1v) is 14.2. The zero-order chi connectivity index (χ0) is 29.4. The number of nitrogens with one attached hydrogen (secondary N) is 5. The Labute approximate surface area is 238 Å². The Morgan fingerprint density at radius 2 is 1.80 bits per heavy atom. The van der Waals surface area contributed by atoms with Gasteiger partial charge in [0, 0.05) is 31.8 Å². The van der Waals surface area contributed by atoms with Crippen molar-refractivity contribution in [3.63, 3.8) is 0 Å². The van der Waals surface area contributed by atoms with Gasteiger partial charge in [-0.15, -0.1) is 0 Å². The summed E-state index contributed by atoms with van der Waals surface area (Å²) in [7, 11) is 0. The van der Waals surface area contributed by atoms with Crippen LogP contribution in [-0.4, -0.2) is 59.2 Å². The van der Waals surface area contributed by atoms with Gasteiger partial charge in [-0.3, -0.25) is 24.0 Å². The van der Waals surface area contributed by atoms with E-state index in [1.54, 1.807) is 0 Å². The monoisotopic (exact) mass is 566 g/mol. The number of oxazole rings is 1. The van der Waals surface area contributed by atoms with Gasteiger partial charge in [0.1, 0.15) is 24.4 Å². The van der Waals surface area contributed by atoms with Crippen molar-refractivity contribution in [2.75, 3.05) is 6.54 Å². The van der Waals surface area contributed by atoms with Gasteiger partial charge in [-0.1, -0.05) is 44.2 Å². The summed E-state index contributed by atoms with van der Waals surface area (Å²) in [5, 5.41) is 14.2. The van der Waals surface area contributed by atoms with Gasteiger partial charge >= 0.3 is 0 Å². The third kappa shape index (κ3) is 8.38. The third-order valence-electron chi connectivity index (χ3n) is 7.27. The van der Waals surface area contributed by atoms with Gasteiger partial charge in [0.2, 0.25) is 29.5 Å². The Morgan fingerprint density at radius 3 is 2.51 bits per heavy atom. The summed E-state index contributed by atoms with van der Waals surface area (Å²) < 4.78 is 5.58. The van der Waals surface area contributed by atoms with Gasteiger partial charge in [0.05, 0.1) is 0 Å². The molecule has 12 heteroatoms. The van der Waals surface area contributed by atoms with Crippen LogP contribution in [0.25, 0.3) is 0 Å². The molecular formula is C29H38N6O6. The molecule has 12 nitrogen and oxygen atoms in total. The Kier molecular flexibility index (Phi) is 10.1. The highest BCUT2D eigenvalue weighted by Crippen LogP contribution is 2.22. The summed E-state index contributed by atoms with van der Waals surface area (Å²) >= 11 is 0. The average Bonchev–Trinajstić information content (AvgIpc) is 3.59. The fraction of sp³-hybridized carbons (Fsp3) is 0.517. The lowest BCUT2D eigenvalue weighted by Gasteiger charge is -2.26. The van der Waals surface area contributed by atoms with Crippen LogP contribution in [0.3, 0.4) is 0 Å². The molecule has 3 heterocycles.